The molecule has 0 saturated carbocycles. The number of amides is 1. The summed E-state index contributed by atoms with van der Waals surface area (Å²) in [4.78, 5) is 13.2. The lowest BCUT2D eigenvalue weighted by Gasteiger charge is -2.34. The Hall–Kier alpha value is 0.01000. The molecule has 1 aliphatic heterocycles. The fourth-order valence-electron chi connectivity index (χ4n) is 1.49. The van der Waals surface area contributed by atoms with Crippen LogP contribution in [0, 0.1) is 5.92 Å². The maximum Gasteiger partial charge on any atom is 0.236 e. The van der Waals surface area contributed by atoms with Crippen LogP contribution in [0.25, 0.3) is 0 Å². The molecule has 0 aliphatic carbocycles. The van der Waals surface area contributed by atoms with Crippen molar-refractivity contribution in [1.29, 1.82) is 0 Å². The Labute approximate surface area is 98.4 Å². The molecule has 0 aromatic rings. The molecule has 0 spiro atoms. The van der Waals surface area contributed by atoms with E-state index in [1.807, 2.05) is 11.8 Å². The zero-order valence-corrected chi connectivity index (χ0v) is 10.6. The van der Waals surface area contributed by atoms with Crippen LogP contribution in [0.2, 0.25) is 0 Å². The summed E-state index contributed by atoms with van der Waals surface area (Å²) in [6.45, 7) is 8.61. The monoisotopic (exact) mass is 242 g/mol. The molecular formula is C9H20Cl2N2O. The molecule has 0 radical (unpaired) electrons. The number of piperazine rings is 1. The summed E-state index contributed by atoms with van der Waals surface area (Å²) in [5, 5.41) is 3.24. The molecule has 0 aromatic carbocycles. The van der Waals surface area contributed by atoms with E-state index in [1.165, 1.54) is 0 Å². The number of nitrogens with one attached hydrogen (secondary N) is 1. The second-order valence-corrected chi connectivity index (χ2v) is 3.66. The van der Waals surface area contributed by atoms with Crippen LogP contribution in [0.3, 0.4) is 0 Å². The van der Waals surface area contributed by atoms with Crippen molar-refractivity contribution in [2.75, 3.05) is 19.6 Å². The van der Waals surface area contributed by atoms with Gasteiger partial charge in [0, 0.05) is 19.1 Å². The molecule has 5 heteroatoms. The van der Waals surface area contributed by atoms with Gasteiger partial charge >= 0.3 is 0 Å². The Bertz CT molecular complexity index is 176. The normalized spacial score (nSPS) is 21.6. The fraction of sp³-hybridized carbons (Fsp3) is 0.889. The summed E-state index contributed by atoms with van der Waals surface area (Å²) in [6.07, 6.45) is 0. The molecule has 1 N–H and O–H groups in total. The smallest absolute Gasteiger partial charge is 0.236 e. The number of carbonyl (C=O) groups excluding carboxylic acids is 1. The second-order valence-electron chi connectivity index (χ2n) is 3.66. The Morgan fingerprint density at radius 2 is 2.07 bits per heavy atom. The van der Waals surface area contributed by atoms with Crippen molar-refractivity contribution < 1.29 is 4.79 Å². The van der Waals surface area contributed by atoms with Crippen LogP contribution < -0.4 is 5.32 Å². The standard InChI is InChI=1S/C9H18N2O.2ClH/c1-4-11-6-8(7(2)3)10-5-9(11)12;;/h7-8,10H,4-6H2,1-3H3;2*1H/t8-;;/m1../s1. The predicted octanol–water partition coefficient (Wildman–Crippen LogP) is 1.31. The van der Waals surface area contributed by atoms with Gasteiger partial charge in [-0.05, 0) is 12.8 Å². The summed E-state index contributed by atoms with van der Waals surface area (Å²) < 4.78 is 0. The van der Waals surface area contributed by atoms with Gasteiger partial charge in [0.25, 0.3) is 0 Å². The minimum absolute atomic E-state index is 0. The molecule has 0 bridgehead atoms. The van der Waals surface area contributed by atoms with Gasteiger partial charge < -0.3 is 10.2 Å². The van der Waals surface area contributed by atoms with Crippen molar-refractivity contribution in [1.82, 2.24) is 10.2 Å². The number of rotatable bonds is 2. The van der Waals surface area contributed by atoms with Crippen LogP contribution in [0.5, 0.6) is 0 Å². The van der Waals surface area contributed by atoms with Crippen LogP contribution in [0.1, 0.15) is 20.8 Å². The highest BCUT2D eigenvalue weighted by atomic mass is 35.5. The molecule has 1 fully saturated rings. The van der Waals surface area contributed by atoms with Gasteiger partial charge in [0.05, 0.1) is 6.54 Å². The van der Waals surface area contributed by atoms with Crippen LogP contribution >= 0.6 is 24.8 Å². The summed E-state index contributed by atoms with van der Waals surface area (Å²) in [5.41, 5.74) is 0. The summed E-state index contributed by atoms with van der Waals surface area (Å²) in [6, 6.07) is 0.475. The van der Waals surface area contributed by atoms with E-state index in [4.69, 9.17) is 0 Å². The first-order valence-corrected chi connectivity index (χ1v) is 4.66. The molecule has 1 heterocycles. The summed E-state index contributed by atoms with van der Waals surface area (Å²) in [5.74, 6) is 0.835. The Morgan fingerprint density at radius 3 is 2.50 bits per heavy atom. The number of halogens is 2. The van der Waals surface area contributed by atoms with Crippen molar-refractivity contribution in [3.05, 3.63) is 0 Å². The van der Waals surface area contributed by atoms with Gasteiger partial charge in [-0.2, -0.15) is 0 Å². The van der Waals surface area contributed by atoms with Crippen LogP contribution in [0.4, 0.5) is 0 Å². The van der Waals surface area contributed by atoms with Gasteiger partial charge in [0.2, 0.25) is 5.91 Å². The second kappa shape index (κ2) is 7.32. The van der Waals surface area contributed by atoms with Crippen LogP contribution in [-0.2, 0) is 4.79 Å². The van der Waals surface area contributed by atoms with Gasteiger partial charge in [-0.3, -0.25) is 4.79 Å². The molecule has 1 rings (SSSR count). The van der Waals surface area contributed by atoms with Crippen LogP contribution in [0.15, 0.2) is 0 Å². The van der Waals surface area contributed by atoms with Crippen LogP contribution in [-0.4, -0.2) is 36.5 Å². The average Bonchev–Trinajstić information content (AvgIpc) is 2.05. The Morgan fingerprint density at radius 1 is 1.50 bits per heavy atom. The third-order valence-electron chi connectivity index (χ3n) is 2.47. The number of hydrogen-bond donors (Lipinski definition) is 1. The summed E-state index contributed by atoms with van der Waals surface area (Å²) >= 11 is 0. The molecular weight excluding hydrogens is 223 g/mol. The Balaban J connectivity index is 0. The zero-order chi connectivity index (χ0) is 9.14. The predicted molar refractivity (Wildman–Crippen MR) is 63.4 cm³/mol. The first kappa shape index (κ1) is 16.4. The highest BCUT2D eigenvalue weighted by Gasteiger charge is 2.25. The minimum Gasteiger partial charge on any atom is -0.340 e. The average molecular weight is 243 g/mol. The van der Waals surface area contributed by atoms with Crippen molar-refractivity contribution in [3.8, 4) is 0 Å². The van der Waals surface area contributed by atoms with E-state index < -0.39 is 0 Å². The SMILES string of the molecule is CCN1C[C@H](C(C)C)NCC1=O.Cl.Cl. The lowest BCUT2D eigenvalue weighted by atomic mass is 10.0. The molecule has 3 nitrogen and oxygen atoms in total. The first-order chi connectivity index (χ1) is 5.65. The van der Waals surface area contributed by atoms with Gasteiger partial charge in [-0.25, -0.2) is 0 Å². The Kier molecular flexibility index (Phi) is 8.60. The van der Waals surface area contributed by atoms with E-state index >= 15 is 0 Å². The van der Waals surface area contributed by atoms with Gasteiger partial charge in [0.15, 0.2) is 0 Å². The molecule has 1 atom stereocenters. The molecule has 0 unspecified atom stereocenters. The van der Waals surface area contributed by atoms with Crippen molar-refractivity contribution >= 4 is 30.7 Å². The van der Waals surface area contributed by atoms with Gasteiger partial charge in [-0.1, -0.05) is 13.8 Å². The molecule has 1 aliphatic rings. The van der Waals surface area contributed by atoms with E-state index in [0.29, 0.717) is 18.5 Å². The topological polar surface area (TPSA) is 32.3 Å². The largest absolute Gasteiger partial charge is 0.340 e. The molecule has 0 aromatic heterocycles. The van der Waals surface area contributed by atoms with E-state index in [1.54, 1.807) is 0 Å². The third-order valence-corrected chi connectivity index (χ3v) is 2.47. The number of nitrogens with zero attached hydrogens (tertiary/aromatic N) is 1. The molecule has 1 amide bonds. The number of hydrogen-bond acceptors (Lipinski definition) is 2. The van der Waals surface area contributed by atoms with Crippen molar-refractivity contribution in [3.63, 3.8) is 0 Å². The number of likely N-dealkylation sites (N-methyl/N-ethyl adjacent to an activating group) is 1. The highest BCUT2D eigenvalue weighted by Crippen LogP contribution is 2.08. The van der Waals surface area contributed by atoms with Gasteiger partial charge in [-0.15, -0.1) is 24.8 Å². The van der Waals surface area contributed by atoms with E-state index in [9.17, 15) is 4.79 Å². The minimum atomic E-state index is 0. The van der Waals surface area contributed by atoms with E-state index in [0.717, 1.165) is 13.1 Å². The first-order valence-electron chi connectivity index (χ1n) is 4.66. The summed E-state index contributed by atoms with van der Waals surface area (Å²) in [7, 11) is 0. The zero-order valence-electron chi connectivity index (χ0n) is 8.95. The maximum absolute atomic E-state index is 11.3. The molecule has 1 saturated heterocycles. The molecule has 14 heavy (non-hydrogen) atoms. The van der Waals surface area contributed by atoms with Crippen molar-refractivity contribution in [2.24, 2.45) is 5.92 Å². The third kappa shape index (κ3) is 4.03. The quantitative estimate of drug-likeness (QED) is 0.793. The van der Waals surface area contributed by atoms with E-state index in [2.05, 4.69) is 19.2 Å². The lowest BCUT2D eigenvalue weighted by molar-refractivity contribution is -0.133. The van der Waals surface area contributed by atoms with Gasteiger partial charge in [0.1, 0.15) is 0 Å². The maximum atomic E-state index is 11.3. The number of carbonyl (C=O) groups is 1. The van der Waals surface area contributed by atoms with E-state index in [-0.39, 0.29) is 30.7 Å². The lowest BCUT2D eigenvalue weighted by Crippen LogP contribution is -2.55. The van der Waals surface area contributed by atoms with Crippen molar-refractivity contribution in [2.45, 2.75) is 26.8 Å². The highest BCUT2D eigenvalue weighted by molar-refractivity contribution is 5.85. The fourth-order valence-corrected chi connectivity index (χ4v) is 1.49. The molecule has 86 valence electrons.